The van der Waals surface area contributed by atoms with Crippen LogP contribution in [0.2, 0.25) is 0 Å². The van der Waals surface area contributed by atoms with Crippen LogP contribution in [0.1, 0.15) is 27.2 Å². The first-order chi connectivity index (χ1) is 5.94. The molecule has 0 aromatic rings. The molecule has 0 fully saturated rings. The summed E-state index contributed by atoms with van der Waals surface area (Å²) in [5, 5.41) is 10.1. The number of carbonyl (C=O) groups is 1. The summed E-state index contributed by atoms with van der Waals surface area (Å²) in [4.78, 5) is 11.0. The zero-order chi connectivity index (χ0) is 10.5. The van der Waals surface area contributed by atoms with Crippen molar-refractivity contribution in [2.24, 2.45) is 0 Å². The van der Waals surface area contributed by atoms with Gasteiger partial charge in [-0.3, -0.25) is 0 Å². The van der Waals surface area contributed by atoms with Crippen molar-refractivity contribution in [3.63, 3.8) is 0 Å². The maximum absolute atomic E-state index is 11.0. The number of ether oxygens (including phenoxy) is 1. The van der Waals surface area contributed by atoms with Crippen LogP contribution in [0.3, 0.4) is 0 Å². The molecular formula is C9H18O3S. The highest BCUT2D eigenvalue weighted by atomic mass is 32.2. The van der Waals surface area contributed by atoms with Crippen molar-refractivity contribution in [3.8, 4) is 0 Å². The number of esters is 1. The van der Waals surface area contributed by atoms with E-state index in [-0.39, 0.29) is 0 Å². The summed E-state index contributed by atoms with van der Waals surface area (Å²) in [5.41, 5.74) is -1.36. The topological polar surface area (TPSA) is 46.5 Å². The standard InChI is InChI=1S/C9H18O3S/c1-5-7(2)13-6-9(3,11)8(10)12-4/h7,11H,5-6H2,1-4H3. The lowest BCUT2D eigenvalue weighted by molar-refractivity contribution is -0.158. The molecule has 0 radical (unpaired) electrons. The molecule has 2 unspecified atom stereocenters. The summed E-state index contributed by atoms with van der Waals surface area (Å²) in [7, 11) is 1.28. The molecule has 1 N–H and O–H groups in total. The van der Waals surface area contributed by atoms with Gasteiger partial charge in [0.05, 0.1) is 7.11 Å². The minimum Gasteiger partial charge on any atom is -0.467 e. The Morgan fingerprint density at radius 1 is 1.69 bits per heavy atom. The lowest BCUT2D eigenvalue weighted by Gasteiger charge is -2.21. The van der Waals surface area contributed by atoms with E-state index in [0.717, 1.165) is 6.42 Å². The predicted octanol–water partition coefficient (Wildman–Crippen LogP) is 1.44. The second kappa shape index (κ2) is 5.50. The maximum Gasteiger partial charge on any atom is 0.338 e. The van der Waals surface area contributed by atoms with E-state index in [2.05, 4.69) is 18.6 Å². The van der Waals surface area contributed by atoms with Gasteiger partial charge in [-0.25, -0.2) is 4.79 Å². The molecule has 0 aromatic heterocycles. The maximum atomic E-state index is 11.0. The number of aliphatic hydroxyl groups is 1. The molecule has 78 valence electrons. The molecule has 2 atom stereocenters. The fourth-order valence-corrected chi connectivity index (χ4v) is 1.66. The van der Waals surface area contributed by atoms with Crippen LogP contribution in [-0.4, -0.2) is 34.8 Å². The normalized spacial score (nSPS) is 17.6. The number of methoxy groups -OCH3 is 1. The fraction of sp³-hybridized carbons (Fsp3) is 0.889. The zero-order valence-electron chi connectivity index (χ0n) is 8.66. The first-order valence-electron chi connectivity index (χ1n) is 4.36. The molecule has 0 aliphatic rings. The molecule has 0 heterocycles. The highest BCUT2D eigenvalue weighted by molar-refractivity contribution is 7.99. The first-order valence-corrected chi connectivity index (χ1v) is 5.41. The fourth-order valence-electron chi connectivity index (χ4n) is 0.701. The van der Waals surface area contributed by atoms with Crippen LogP contribution in [0, 0.1) is 0 Å². The quantitative estimate of drug-likeness (QED) is 0.691. The molecular weight excluding hydrogens is 188 g/mol. The van der Waals surface area contributed by atoms with Crippen LogP contribution in [0.25, 0.3) is 0 Å². The van der Waals surface area contributed by atoms with Crippen molar-refractivity contribution in [2.75, 3.05) is 12.9 Å². The second-order valence-electron chi connectivity index (χ2n) is 3.30. The summed E-state index contributed by atoms with van der Waals surface area (Å²) in [5.74, 6) is -0.183. The summed E-state index contributed by atoms with van der Waals surface area (Å²) < 4.78 is 4.48. The molecule has 0 bridgehead atoms. The van der Waals surface area contributed by atoms with Gasteiger partial charge < -0.3 is 9.84 Å². The van der Waals surface area contributed by atoms with Gasteiger partial charge >= 0.3 is 5.97 Å². The van der Waals surface area contributed by atoms with Crippen molar-refractivity contribution in [1.29, 1.82) is 0 Å². The van der Waals surface area contributed by atoms with Crippen LogP contribution in [-0.2, 0) is 9.53 Å². The van der Waals surface area contributed by atoms with Gasteiger partial charge in [0.25, 0.3) is 0 Å². The van der Waals surface area contributed by atoms with Gasteiger partial charge in [-0.15, -0.1) is 0 Å². The van der Waals surface area contributed by atoms with Crippen LogP contribution < -0.4 is 0 Å². The van der Waals surface area contributed by atoms with E-state index in [0.29, 0.717) is 11.0 Å². The number of rotatable bonds is 5. The third-order valence-electron chi connectivity index (χ3n) is 1.85. The molecule has 0 amide bonds. The number of thioether (sulfide) groups is 1. The summed E-state index contributed by atoms with van der Waals surface area (Å²) in [6.45, 7) is 5.62. The summed E-state index contributed by atoms with van der Waals surface area (Å²) in [6, 6.07) is 0. The molecule has 0 saturated carbocycles. The van der Waals surface area contributed by atoms with Crippen LogP contribution in [0.15, 0.2) is 0 Å². The average molecular weight is 206 g/mol. The SMILES string of the molecule is CCC(C)SCC(C)(O)C(=O)OC. The van der Waals surface area contributed by atoms with E-state index in [1.165, 1.54) is 14.0 Å². The Morgan fingerprint density at radius 2 is 2.23 bits per heavy atom. The minimum atomic E-state index is -1.36. The Morgan fingerprint density at radius 3 is 2.62 bits per heavy atom. The highest BCUT2D eigenvalue weighted by Crippen LogP contribution is 2.20. The highest BCUT2D eigenvalue weighted by Gasteiger charge is 2.31. The van der Waals surface area contributed by atoms with Gasteiger partial charge in [-0.05, 0) is 13.3 Å². The monoisotopic (exact) mass is 206 g/mol. The Labute approximate surface area is 83.9 Å². The van der Waals surface area contributed by atoms with Crippen molar-refractivity contribution in [2.45, 2.75) is 38.0 Å². The molecule has 0 aliphatic heterocycles. The third kappa shape index (κ3) is 4.52. The van der Waals surface area contributed by atoms with Crippen molar-refractivity contribution in [3.05, 3.63) is 0 Å². The van der Waals surface area contributed by atoms with E-state index >= 15 is 0 Å². The molecule has 0 saturated heterocycles. The van der Waals surface area contributed by atoms with Gasteiger partial charge in [0.1, 0.15) is 0 Å². The molecule has 3 nitrogen and oxygen atoms in total. The number of hydrogen-bond acceptors (Lipinski definition) is 4. The lowest BCUT2D eigenvalue weighted by Crippen LogP contribution is -2.39. The summed E-state index contributed by atoms with van der Waals surface area (Å²) in [6.07, 6.45) is 1.03. The Balaban J connectivity index is 3.95. The number of carbonyl (C=O) groups excluding carboxylic acids is 1. The average Bonchev–Trinajstić information content (AvgIpc) is 2.12. The van der Waals surface area contributed by atoms with E-state index < -0.39 is 11.6 Å². The third-order valence-corrected chi connectivity index (χ3v) is 3.48. The smallest absolute Gasteiger partial charge is 0.338 e. The van der Waals surface area contributed by atoms with Gasteiger partial charge in [0.2, 0.25) is 0 Å². The van der Waals surface area contributed by atoms with Crippen molar-refractivity contribution >= 4 is 17.7 Å². The van der Waals surface area contributed by atoms with Crippen LogP contribution >= 0.6 is 11.8 Å². The lowest BCUT2D eigenvalue weighted by atomic mass is 10.1. The van der Waals surface area contributed by atoms with Gasteiger partial charge in [0, 0.05) is 11.0 Å². The Hall–Kier alpha value is -0.220. The summed E-state index contributed by atoms with van der Waals surface area (Å²) >= 11 is 1.58. The molecule has 0 aliphatic carbocycles. The van der Waals surface area contributed by atoms with Crippen LogP contribution in [0.4, 0.5) is 0 Å². The van der Waals surface area contributed by atoms with Crippen molar-refractivity contribution < 1.29 is 14.6 Å². The first kappa shape index (κ1) is 12.8. The van der Waals surface area contributed by atoms with E-state index in [9.17, 15) is 9.90 Å². The van der Waals surface area contributed by atoms with E-state index in [1.807, 2.05) is 0 Å². The second-order valence-corrected chi connectivity index (χ2v) is 4.72. The van der Waals surface area contributed by atoms with E-state index in [4.69, 9.17) is 0 Å². The molecule has 4 heteroatoms. The van der Waals surface area contributed by atoms with Gasteiger partial charge in [-0.2, -0.15) is 11.8 Å². The van der Waals surface area contributed by atoms with Gasteiger partial charge in [-0.1, -0.05) is 13.8 Å². The zero-order valence-corrected chi connectivity index (χ0v) is 9.48. The molecule has 0 spiro atoms. The largest absolute Gasteiger partial charge is 0.467 e. The number of hydrogen-bond donors (Lipinski definition) is 1. The molecule has 13 heavy (non-hydrogen) atoms. The predicted molar refractivity (Wildman–Crippen MR) is 54.9 cm³/mol. The van der Waals surface area contributed by atoms with Gasteiger partial charge in [0.15, 0.2) is 5.60 Å². The Kier molecular flexibility index (Phi) is 5.40. The Bertz CT molecular complexity index is 168. The molecule has 0 aromatic carbocycles. The van der Waals surface area contributed by atoms with Crippen LogP contribution in [0.5, 0.6) is 0 Å². The van der Waals surface area contributed by atoms with Crippen molar-refractivity contribution in [1.82, 2.24) is 0 Å². The van der Waals surface area contributed by atoms with E-state index in [1.54, 1.807) is 11.8 Å². The minimum absolute atomic E-state index is 0.384. The molecule has 0 rings (SSSR count).